The highest BCUT2D eigenvalue weighted by molar-refractivity contribution is 7.90. The summed E-state index contributed by atoms with van der Waals surface area (Å²) >= 11 is 4.05. The van der Waals surface area contributed by atoms with Crippen molar-refractivity contribution >= 4 is 35.3 Å². The van der Waals surface area contributed by atoms with Crippen LogP contribution in [-0.4, -0.2) is 27.4 Å². The van der Waals surface area contributed by atoms with Crippen molar-refractivity contribution in [2.75, 3.05) is 5.32 Å². The van der Waals surface area contributed by atoms with Crippen molar-refractivity contribution in [3.05, 3.63) is 18.5 Å². The van der Waals surface area contributed by atoms with E-state index in [1.54, 1.807) is 20.8 Å². The number of carbonyl (C=O) groups is 2. The molecule has 7 nitrogen and oxygen atoms in total. The Labute approximate surface area is 116 Å². The van der Waals surface area contributed by atoms with Gasteiger partial charge in [0.05, 0.1) is 18.1 Å². The number of ether oxygens (including phenoxy) is 1. The first-order valence-electron chi connectivity index (χ1n) is 5.42. The maximum Gasteiger partial charge on any atom is 0.412 e. The SMILES string of the molecule is CC(C)(C)OC(=O)Nc1cnn(/C(S)=C/C(N)=O)c1. The molecule has 0 unspecified atom stereocenters. The summed E-state index contributed by atoms with van der Waals surface area (Å²) in [7, 11) is 0. The van der Waals surface area contributed by atoms with Gasteiger partial charge in [-0.05, 0) is 20.8 Å². The van der Waals surface area contributed by atoms with E-state index in [-0.39, 0.29) is 5.03 Å². The second-order valence-corrected chi connectivity index (χ2v) is 5.16. The van der Waals surface area contributed by atoms with Gasteiger partial charge in [-0.25, -0.2) is 9.48 Å². The van der Waals surface area contributed by atoms with Crippen LogP contribution >= 0.6 is 12.6 Å². The van der Waals surface area contributed by atoms with Crippen molar-refractivity contribution in [1.82, 2.24) is 9.78 Å². The summed E-state index contributed by atoms with van der Waals surface area (Å²) in [6, 6.07) is 0. The van der Waals surface area contributed by atoms with Gasteiger partial charge in [-0.15, -0.1) is 12.6 Å². The van der Waals surface area contributed by atoms with E-state index in [0.29, 0.717) is 5.69 Å². The van der Waals surface area contributed by atoms with Crippen LogP contribution in [0.25, 0.3) is 5.03 Å². The topological polar surface area (TPSA) is 99.2 Å². The molecule has 0 saturated carbocycles. The number of hydrogen-bond acceptors (Lipinski definition) is 5. The van der Waals surface area contributed by atoms with Crippen LogP contribution in [0.4, 0.5) is 10.5 Å². The molecule has 0 spiro atoms. The lowest BCUT2D eigenvalue weighted by molar-refractivity contribution is -0.113. The first kappa shape index (κ1) is 15.1. The highest BCUT2D eigenvalue weighted by Crippen LogP contribution is 2.14. The zero-order valence-electron chi connectivity index (χ0n) is 10.9. The minimum Gasteiger partial charge on any atom is -0.444 e. The predicted octanol–water partition coefficient (Wildman–Crippen LogP) is 1.44. The number of primary amides is 1. The lowest BCUT2D eigenvalue weighted by Crippen LogP contribution is -2.27. The van der Waals surface area contributed by atoms with Gasteiger partial charge in [-0.1, -0.05) is 0 Å². The van der Waals surface area contributed by atoms with Crippen molar-refractivity contribution in [1.29, 1.82) is 0 Å². The summed E-state index contributed by atoms with van der Waals surface area (Å²) in [5, 5.41) is 6.66. The summed E-state index contributed by atoms with van der Waals surface area (Å²) in [5.41, 5.74) is 4.83. The monoisotopic (exact) mass is 284 g/mol. The highest BCUT2D eigenvalue weighted by Gasteiger charge is 2.16. The maximum absolute atomic E-state index is 11.5. The molecule has 0 radical (unpaired) electrons. The summed E-state index contributed by atoms with van der Waals surface area (Å²) in [5.74, 6) is -0.637. The average Bonchev–Trinajstić information content (AvgIpc) is 2.61. The molecule has 1 aromatic rings. The Hall–Kier alpha value is -1.96. The normalized spacial score (nSPS) is 12.1. The van der Waals surface area contributed by atoms with Gasteiger partial charge in [0.1, 0.15) is 10.6 Å². The molecule has 0 aliphatic rings. The minimum atomic E-state index is -0.637. The predicted molar refractivity (Wildman–Crippen MR) is 74.5 cm³/mol. The molecule has 1 rings (SSSR count). The van der Waals surface area contributed by atoms with E-state index >= 15 is 0 Å². The number of rotatable bonds is 3. The number of carbonyl (C=O) groups excluding carboxylic acids is 2. The maximum atomic E-state index is 11.5. The van der Waals surface area contributed by atoms with E-state index < -0.39 is 17.6 Å². The standard InChI is InChI=1S/C11H16N4O3S/c1-11(2,3)18-10(17)14-7-5-13-15(6-7)9(19)4-8(12)16/h4-6,19H,1-3H3,(H2,12,16)(H,14,17)/b9-4-. The Morgan fingerprint density at radius 2 is 2.16 bits per heavy atom. The molecule has 0 aliphatic heterocycles. The molecule has 104 valence electrons. The third-order valence-electron chi connectivity index (χ3n) is 1.73. The summed E-state index contributed by atoms with van der Waals surface area (Å²) in [4.78, 5) is 22.2. The fraction of sp³-hybridized carbons (Fsp3) is 0.364. The van der Waals surface area contributed by atoms with Crippen molar-refractivity contribution in [2.45, 2.75) is 26.4 Å². The van der Waals surface area contributed by atoms with Gasteiger partial charge in [0.25, 0.3) is 0 Å². The number of aromatic nitrogens is 2. The van der Waals surface area contributed by atoms with E-state index in [2.05, 4.69) is 23.0 Å². The molecule has 0 fully saturated rings. The van der Waals surface area contributed by atoms with Gasteiger partial charge in [-0.2, -0.15) is 5.10 Å². The molecular formula is C11H16N4O3S. The van der Waals surface area contributed by atoms with E-state index in [9.17, 15) is 9.59 Å². The third kappa shape index (κ3) is 5.47. The Bertz CT molecular complexity index is 516. The first-order valence-corrected chi connectivity index (χ1v) is 5.87. The smallest absolute Gasteiger partial charge is 0.412 e. The first-order chi connectivity index (χ1) is 8.67. The van der Waals surface area contributed by atoms with Crippen molar-refractivity contribution in [3.8, 4) is 0 Å². The van der Waals surface area contributed by atoms with Crippen LogP contribution in [0.2, 0.25) is 0 Å². The van der Waals surface area contributed by atoms with Crippen LogP contribution in [0.3, 0.4) is 0 Å². The summed E-state index contributed by atoms with van der Waals surface area (Å²) in [6.45, 7) is 5.28. The summed E-state index contributed by atoms with van der Waals surface area (Å²) < 4.78 is 6.37. The molecule has 3 N–H and O–H groups in total. The van der Waals surface area contributed by atoms with E-state index in [1.165, 1.54) is 17.1 Å². The molecule has 19 heavy (non-hydrogen) atoms. The molecule has 0 aromatic carbocycles. The van der Waals surface area contributed by atoms with Crippen LogP contribution in [-0.2, 0) is 9.53 Å². The molecule has 2 amide bonds. The molecule has 0 atom stereocenters. The molecule has 0 saturated heterocycles. The molecule has 0 bridgehead atoms. The molecule has 1 aromatic heterocycles. The van der Waals surface area contributed by atoms with E-state index in [0.717, 1.165) is 6.08 Å². The van der Waals surface area contributed by atoms with Gasteiger partial charge in [0.2, 0.25) is 5.91 Å². The fourth-order valence-electron chi connectivity index (χ4n) is 1.13. The quantitative estimate of drug-likeness (QED) is 0.577. The molecule has 0 aliphatic carbocycles. The van der Waals surface area contributed by atoms with E-state index in [4.69, 9.17) is 10.5 Å². The fourth-order valence-corrected chi connectivity index (χ4v) is 1.36. The largest absolute Gasteiger partial charge is 0.444 e. The Kier molecular flexibility index (Phi) is 4.60. The van der Waals surface area contributed by atoms with Crippen LogP contribution < -0.4 is 11.1 Å². The number of anilines is 1. The van der Waals surface area contributed by atoms with Crippen LogP contribution in [0.1, 0.15) is 20.8 Å². The second-order valence-electron chi connectivity index (χ2n) is 4.71. The highest BCUT2D eigenvalue weighted by atomic mass is 32.1. The number of nitrogens with two attached hydrogens (primary N) is 1. The Morgan fingerprint density at radius 1 is 1.53 bits per heavy atom. The number of thiol groups is 1. The summed E-state index contributed by atoms with van der Waals surface area (Å²) in [6.07, 6.45) is 3.39. The average molecular weight is 284 g/mol. The van der Waals surface area contributed by atoms with Crippen LogP contribution in [0.15, 0.2) is 18.5 Å². The minimum absolute atomic E-state index is 0.240. The van der Waals surface area contributed by atoms with Gasteiger partial charge in [0, 0.05) is 6.08 Å². The molecule has 8 heteroatoms. The second kappa shape index (κ2) is 5.79. The van der Waals surface area contributed by atoms with Crippen LogP contribution in [0.5, 0.6) is 0 Å². The molecular weight excluding hydrogens is 268 g/mol. The lowest BCUT2D eigenvalue weighted by atomic mass is 10.2. The molecule has 1 heterocycles. The van der Waals surface area contributed by atoms with Crippen molar-refractivity contribution < 1.29 is 14.3 Å². The van der Waals surface area contributed by atoms with Gasteiger partial charge < -0.3 is 10.5 Å². The van der Waals surface area contributed by atoms with Gasteiger partial charge in [-0.3, -0.25) is 10.1 Å². The van der Waals surface area contributed by atoms with E-state index in [1.807, 2.05) is 0 Å². The van der Waals surface area contributed by atoms with Crippen molar-refractivity contribution in [2.24, 2.45) is 5.73 Å². The zero-order chi connectivity index (χ0) is 14.6. The number of nitrogens with one attached hydrogen (secondary N) is 1. The Morgan fingerprint density at radius 3 is 2.68 bits per heavy atom. The zero-order valence-corrected chi connectivity index (χ0v) is 11.8. The number of nitrogens with zero attached hydrogens (tertiary/aromatic N) is 2. The van der Waals surface area contributed by atoms with Gasteiger partial charge >= 0.3 is 6.09 Å². The lowest BCUT2D eigenvalue weighted by Gasteiger charge is -2.19. The van der Waals surface area contributed by atoms with Crippen LogP contribution in [0, 0.1) is 0 Å². The third-order valence-corrected chi connectivity index (χ3v) is 2.07. The number of amides is 2. The van der Waals surface area contributed by atoms with Crippen molar-refractivity contribution in [3.63, 3.8) is 0 Å². The van der Waals surface area contributed by atoms with Gasteiger partial charge in [0.15, 0.2) is 0 Å². The Balaban J connectivity index is 2.71. The number of hydrogen-bond donors (Lipinski definition) is 3.